The SMILES string of the molecule is CN=CC(=C(C)N)c1cc(Cl)ccc1OCC1CN(C(=O)c2cc3c(cc2F)OCC(=O)N3)C1. The van der Waals surface area contributed by atoms with E-state index < -0.39 is 11.7 Å². The number of carbonyl (C=O) groups excluding carboxylic acids is 2. The average molecular weight is 487 g/mol. The summed E-state index contributed by atoms with van der Waals surface area (Å²) in [6, 6.07) is 7.69. The Bertz CT molecular complexity index is 1200. The van der Waals surface area contributed by atoms with Gasteiger partial charge in [0.2, 0.25) is 0 Å². The number of fused-ring (bicyclic) bond motifs is 1. The average Bonchev–Trinajstić information content (AvgIpc) is 2.76. The molecule has 2 aliphatic heterocycles. The van der Waals surface area contributed by atoms with Crippen LogP contribution in [-0.4, -0.2) is 56.3 Å². The van der Waals surface area contributed by atoms with E-state index in [4.69, 9.17) is 26.8 Å². The molecule has 0 aromatic heterocycles. The van der Waals surface area contributed by atoms with Gasteiger partial charge in [-0.2, -0.15) is 0 Å². The quantitative estimate of drug-likeness (QED) is 0.609. The number of aliphatic imine (C=N–C) groups is 1. The first kappa shape index (κ1) is 23.6. The molecule has 2 amide bonds. The number of nitrogens with two attached hydrogens (primary N) is 1. The lowest BCUT2D eigenvalue weighted by molar-refractivity contribution is -0.118. The zero-order chi connectivity index (χ0) is 24.4. The lowest BCUT2D eigenvalue weighted by Crippen LogP contribution is -2.52. The Morgan fingerprint density at radius 1 is 1.35 bits per heavy atom. The van der Waals surface area contributed by atoms with Gasteiger partial charge >= 0.3 is 0 Å². The predicted octanol–water partition coefficient (Wildman–Crippen LogP) is 3.35. The highest BCUT2D eigenvalue weighted by Crippen LogP contribution is 2.33. The fraction of sp³-hybridized carbons (Fsp3) is 0.292. The first-order chi connectivity index (χ1) is 16.3. The van der Waals surface area contributed by atoms with Gasteiger partial charge in [0.05, 0.1) is 17.9 Å². The molecular weight excluding hydrogens is 463 g/mol. The van der Waals surface area contributed by atoms with Crippen LogP contribution in [0.25, 0.3) is 5.57 Å². The molecule has 8 nitrogen and oxygen atoms in total. The molecule has 3 N–H and O–H groups in total. The van der Waals surface area contributed by atoms with Gasteiger partial charge in [-0.15, -0.1) is 0 Å². The van der Waals surface area contributed by atoms with Crippen LogP contribution in [0.4, 0.5) is 10.1 Å². The molecule has 34 heavy (non-hydrogen) atoms. The van der Waals surface area contributed by atoms with Gasteiger partial charge in [-0.25, -0.2) is 4.39 Å². The highest BCUT2D eigenvalue weighted by Gasteiger charge is 2.34. The van der Waals surface area contributed by atoms with Crippen LogP contribution in [0.2, 0.25) is 5.02 Å². The number of carbonyl (C=O) groups is 2. The Morgan fingerprint density at radius 2 is 2.12 bits per heavy atom. The minimum atomic E-state index is -0.695. The maximum Gasteiger partial charge on any atom is 0.262 e. The van der Waals surface area contributed by atoms with E-state index in [1.165, 1.54) is 11.0 Å². The Labute approximate surface area is 201 Å². The summed E-state index contributed by atoms with van der Waals surface area (Å²) in [5.74, 6) is -0.621. The van der Waals surface area contributed by atoms with E-state index in [1.807, 2.05) is 0 Å². The third-order valence-corrected chi connectivity index (χ3v) is 5.80. The summed E-state index contributed by atoms with van der Waals surface area (Å²) >= 11 is 6.17. The van der Waals surface area contributed by atoms with Crippen LogP contribution in [0.15, 0.2) is 41.0 Å². The Kier molecular flexibility index (Phi) is 6.74. The second-order valence-corrected chi connectivity index (χ2v) is 8.61. The number of allylic oxidation sites excluding steroid dienone is 2. The van der Waals surface area contributed by atoms with Crippen molar-refractivity contribution in [3.63, 3.8) is 0 Å². The third kappa shape index (κ3) is 4.84. The molecule has 0 bridgehead atoms. The molecule has 0 saturated carbocycles. The molecular formula is C24H24ClFN4O4. The monoisotopic (exact) mass is 486 g/mol. The number of benzene rings is 2. The first-order valence-corrected chi connectivity index (χ1v) is 11.0. The molecule has 0 radical (unpaired) electrons. The highest BCUT2D eigenvalue weighted by molar-refractivity contribution is 6.31. The van der Waals surface area contributed by atoms with E-state index in [-0.39, 0.29) is 35.4 Å². The summed E-state index contributed by atoms with van der Waals surface area (Å²) in [6.45, 7) is 2.77. The Hall–Kier alpha value is -3.59. The van der Waals surface area contributed by atoms with Crippen molar-refractivity contribution in [2.75, 3.05) is 38.7 Å². The number of rotatable bonds is 6. The Morgan fingerprint density at radius 3 is 2.82 bits per heavy atom. The molecule has 10 heteroatoms. The number of ether oxygens (including phenoxy) is 2. The summed E-state index contributed by atoms with van der Waals surface area (Å²) in [6.07, 6.45) is 1.65. The summed E-state index contributed by atoms with van der Waals surface area (Å²) in [5.41, 5.74) is 8.20. The second kappa shape index (κ2) is 9.72. The van der Waals surface area contributed by atoms with Crippen molar-refractivity contribution < 1.29 is 23.5 Å². The van der Waals surface area contributed by atoms with E-state index in [0.29, 0.717) is 41.7 Å². The molecule has 2 aliphatic rings. The normalized spacial score (nSPS) is 16.4. The molecule has 1 fully saturated rings. The minimum Gasteiger partial charge on any atom is -0.493 e. The number of amides is 2. The zero-order valence-corrected chi connectivity index (χ0v) is 19.5. The Balaban J connectivity index is 1.41. The van der Waals surface area contributed by atoms with Crippen molar-refractivity contribution in [3.05, 3.63) is 58.0 Å². The molecule has 178 valence electrons. The van der Waals surface area contributed by atoms with Crippen molar-refractivity contribution in [2.45, 2.75) is 6.92 Å². The van der Waals surface area contributed by atoms with Gasteiger partial charge in [0.15, 0.2) is 6.61 Å². The van der Waals surface area contributed by atoms with Crippen LogP contribution in [-0.2, 0) is 4.79 Å². The van der Waals surface area contributed by atoms with Crippen LogP contribution in [0.1, 0.15) is 22.8 Å². The van der Waals surface area contributed by atoms with Gasteiger partial charge in [-0.05, 0) is 31.2 Å². The van der Waals surface area contributed by atoms with Crippen LogP contribution in [0.3, 0.4) is 0 Å². The fourth-order valence-corrected chi connectivity index (χ4v) is 4.01. The van der Waals surface area contributed by atoms with Crippen molar-refractivity contribution in [1.82, 2.24) is 4.90 Å². The molecule has 2 aromatic carbocycles. The zero-order valence-electron chi connectivity index (χ0n) is 18.7. The van der Waals surface area contributed by atoms with E-state index in [0.717, 1.165) is 11.6 Å². The van der Waals surface area contributed by atoms with Crippen molar-refractivity contribution in [3.8, 4) is 11.5 Å². The number of hydrogen-bond acceptors (Lipinski definition) is 6. The summed E-state index contributed by atoms with van der Waals surface area (Å²) in [4.78, 5) is 29.9. The molecule has 1 saturated heterocycles. The van der Waals surface area contributed by atoms with Gasteiger partial charge in [0, 0.05) is 60.2 Å². The minimum absolute atomic E-state index is 0.0717. The largest absolute Gasteiger partial charge is 0.493 e. The second-order valence-electron chi connectivity index (χ2n) is 8.18. The van der Waals surface area contributed by atoms with E-state index in [9.17, 15) is 14.0 Å². The maximum atomic E-state index is 14.5. The number of nitrogens with one attached hydrogen (secondary N) is 1. The number of nitrogens with zero attached hydrogens (tertiary/aromatic N) is 2. The lowest BCUT2D eigenvalue weighted by Gasteiger charge is -2.39. The van der Waals surface area contributed by atoms with Crippen LogP contribution < -0.4 is 20.5 Å². The molecule has 0 unspecified atom stereocenters. The first-order valence-electron chi connectivity index (χ1n) is 10.6. The predicted molar refractivity (Wildman–Crippen MR) is 128 cm³/mol. The van der Waals surface area contributed by atoms with Gasteiger partial charge in [0.25, 0.3) is 11.8 Å². The van der Waals surface area contributed by atoms with Gasteiger partial charge in [-0.3, -0.25) is 14.6 Å². The smallest absolute Gasteiger partial charge is 0.262 e. The fourth-order valence-electron chi connectivity index (χ4n) is 3.84. The van der Waals surface area contributed by atoms with Gasteiger partial charge in [-0.1, -0.05) is 11.6 Å². The van der Waals surface area contributed by atoms with Crippen molar-refractivity contribution >= 4 is 40.9 Å². The number of likely N-dealkylation sites (tertiary alicyclic amines) is 1. The number of anilines is 1. The van der Waals surface area contributed by atoms with Gasteiger partial charge < -0.3 is 25.4 Å². The molecule has 0 atom stereocenters. The van der Waals surface area contributed by atoms with E-state index in [1.54, 1.807) is 38.4 Å². The van der Waals surface area contributed by atoms with E-state index in [2.05, 4.69) is 10.3 Å². The molecule has 2 aromatic rings. The summed E-state index contributed by atoms with van der Waals surface area (Å²) < 4.78 is 25.7. The molecule has 4 rings (SSSR count). The molecule has 0 aliphatic carbocycles. The van der Waals surface area contributed by atoms with Crippen molar-refractivity contribution in [1.29, 1.82) is 0 Å². The van der Waals surface area contributed by atoms with E-state index >= 15 is 0 Å². The summed E-state index contributed by atoms with van der Waals surface area (Å²) in [7, 11) is 1.65. The van der Waals surface area contributed by atoms with Crippen LogP contribution in [0.5, 0.6) is 11.5 Å². The van der Waals surface area contributed by atoms with Crippen LogP contribution >= 0.6 is 11.6 Å². The van der Waals surface area contributed by atoms with Gasteiger partial charge in [0.1, 0.15) is 17.3 Å². The van der Waals surface area contributed by atoms with Crippen molar-refractivity contribution in [2.24, 2.45) is 16.6 Å². The number of hydrogen-bond donors (Lipinski definition) is 2. The number of halogens is 2. The third-order valence-electron chi connectivity index (χ3n) is 5.57. The maximum absolute atomic E-state index is 14.5. The molecule has 0 spiro atoms. The lowest BCUT2D eigenvalue weighted by atomic mass is 9.99. The topological polar surface area (TPSA) is 106 Å². The standard InChI is InChI=1S/C24H24ClFN4O4/c1-13(27)18(8-28-2)16-5-15(25)3-4-21(16)33-11-14-9-30(10-14)24(32)17-6-20-22(7-19(17)26)34-12-23(31)29-20/h3-8,14H,9-12,27H2,1-2H3,(H,29,31). The van der Waals surface area contributed by atoms with Crippen LogP contribution in [0, 0.1) is 11.7 Å². The highest BCUT2D eigenvalue weighted by atomic mass is 35.5. The summed E-state index contributed by atoms with van der Waals surface area (Å²) in [5, 5.41) is 3.13. The molecule has 2 heterocycles.